The van der Waals surface area contributed by atoms with Crippen molar-refractivity contribution in [2.75, 3.05) is 0 Å². The zero-order valence-electron chi connectivity index (χ0n) is 15.5. The van der Waals surface area contributed by atoms with Crippen LogP contribution in [0.2, 0.25) is 0 Å². The molecule has 2 N–H and O–H groups in total. The Hall–Kier alpha value is -4.07. The predicted octanol–water partition coefficient (Wildman–Crippen LogP) is 2.76. The Labute approximate surface area is 164 Å². The molecule has 8 nitrogen and oxygen atoms in total. The lowest BCUT2D eigenvalue weighted by molar-refractivity contribution is -0.116. The fourth-order valence-electron chi connectivity index (χ4n) is 3.49. The van der Waals surface area contributed by atoms with Crippen molar-refractivity contribution in [3.05, 3.63) is 70.9 Å². The third-order valence-corrected chi connectivity index (χ3v) is 4.77. The number of ketones is 1. The Bertz CT molecular complexity index is 1430. The van der Waals surface area contributed by atoms with Gasteiger partial charge in [-0.2, -0.15) is 5.10 Å². The van der Waals surface area contributed by atoms with Crippen LogP contribution in [0.5, 0.6) is 0 Å². The zero-order chi connectivity index (χ0) is 20.0. The van der Waals surface area contributed by atoms with Crippen molar-refractivity contribution in [2.24, 2.45) is 0 Å². The molecule has 4 aromatic heterocycles. The average molecular weight is 384 g/mol. The maximum Gasteiger partial charge on any atom is 0.273 e. The summed E-state index contributed by atoms with van der Waals surface area (Å²) in [5.41, 5.74) is 4.36. The number of carbonyl (C=O) groups excluding carboxylic acids is 1. The van der Waals surface area contributed by atoms with Crippen molar-refractivity contribution in [1.82, 2.24) is 29.8 Å². The molecule has 4 heterocycles. The highest BCUT2D eigenvalue weighted by molar-refractivity contribution is 5.86. The second kappa shape index (κ2) is 6.52. The second-order valence-electron chi connectivity index (χ2n) is 6.87. The number of pyridine rings is 1. The van der Waals surface area contributed by atoms with E-state index in [4.69, 9.17) is 4.98 Å². The van der Waals surface area contributed by atoms with Crippen LogP contribution < -0.4 is 5.56 Å². The van der Waals surface area contributed by atoms with Gasteiger partial charge in [-0.3, -0.25) is 24.8 Å². The predicted molar refractivity (Wildman–Crippen MR) is 109 cm³/mol. The largest absolute Gasteiger partial charge is 0.300 e. The number of carbonyl (C=O) groups is 1. The van der Waals surface area contributed by atoms with Crippen LogP contribution in [0.25, 0.3) is 39.1 Å². The highest BCUT2D eigenvalue weighted by atomic mass is 16.1. The standard InChI is InChI=1S/C21H16N6O2/c1-12(28)8-18-20(16-4-2-3-7-22-16)21-24-17(10-19(29)27(21)26-18)13-5-6-15-14(9-13)11-23-25-15/h2-7,9-11,26H,8H2,1H3,(H,23,25). The van der Waals surface area contributed by atoms with E-state index in [2.05, 4.69) is 20.3 Å². The molecule has 0 radical (unpaired) electrons. The summed E-state index contributed by atoms with van der Waals surface area (Å²) in [5, 5.41) is 10.9. The molecule has 29 heavy (non-hydrogen) atoms. The Morgan fingerprint density at radius 3 is 2.83 bits per heavy atom. The van der Waals surface area contributed by atoms with Crippen LogP contribution in [0.4, 0.5) is 0 Å². The molecule has 0 atom stereocenters. The van der Waals surface area contributed by atoms with Crippen LogP contribution in [-0.4, -0.2) is 35.6 Å². The lowest BCUT2D eigenvalue weighted by Crippen LogP contribution is -2.14. The molecule has 0 saturated carbocycles. The van der Waals surface area contributed by atoms with Gasteiger partial charge in [0.1, 0.15) is 5.78 Å². The lowest BCUT2D eigenvalue weighted by atomic mass is 10.1. The van der Waals surface area contributed by atoms with Crippen LogP contribution in [0.1, 0.15) is 12.6 Å². The number of aromatic nitrogens is 6. The molecule has 0 aliphatic carbocycles. The van der Waals surface area contributed by atoms with Gasteiger partial charge in [0.25, 0.3) is 5.56 Å². The van der Waals surface area contributed by atoms with Gasteiger partial charge in [-0.25, -0.2) is 9.50 Å². The van der Waals surface area contributed by atoms with E-state index in [1.54, 1.807) is 12.4 Å². The highest BCUT2D eigenvalue weighted by Gasteiger charge is 2.19. The smallest absolute Gasteiger partial charge is 0.273 e. The van der Waals surface area contributed by atoms with Gasteiger partial charge in [-0.1, -0.05) is 12.1 Å². The Balaban J connectivity index is 1.78. The number of hydrogen-bond donors (Lipinski definition) is 2. The summed E-state index contributed by atoms with van der Waals surface area (Å²) < 4.78 is 1.36. The summed E-state index contributed by atoms with van der Waals surface area (Å²) in [6.45, 7) is 1.51. The zero-order valence-corrected chi connectivity index (χ0v) is 15.5. The number of fused-ring (bicyclic) bond motifs is 2. The van der Waals surface area contributed by atoms with E-state index in [0.717, 1.165) is 16.5 Å². The number of benzene rings is 1. The summed E-state index contributed by atoms with van der Waals surface area (Å²) >= 11 is 0. The molecule has 0 unspecified atom stereocenters. The third-order valence-electron chi connectivity index (χ3n) is 4.77. The van der Waals surface area contributed by atoms with Crippen LogP contribution in [-0.2, 0) is 11.2 Å². The van der Waals surface area contributed by atoms with Gasteiger partial charge in [0.2, 0.25) is 0 Å². The molecule has 0 saturated heterocycles. The molecule has 1 aromatic carbocycles. The molecular formula is C21H16N6O2. The molecule has 0 aliphatic heterocycles. The first-order valence-corrected chi connectivity index (χ1v) is 9.09. The van der Waals surface area contributed by atoms with E-state index in [1.807, 2.05) is 36.4 Å². The first kappa shape index (κ1) is 17.1. The molecule has 142 valence electrons. The van der Waals surface area contributed by atoms with Crippen LogP contribution >= 0.6 is 0 Å². The summed E-state index contributed by atoms with van der Waals surface area (Å²) in [7, 11) is 0. The first-order valence-electron chi connectivity index (χ1n) is 9.09. The number of Topliss-reactive ketones (excluding diaryl/α,β-unsaturated/α-hetero) is 1. The topological polar surface area (TPSA) is 109 Å². The molecule has 0 fully saturated rings. The van der Waals surface area contributed by atoms with Gasteiger partial charge >= 0.3 is 0 Å². The highest BCUT2D eigenvalue weighted by Crippen LogP contribution is 2.28. The minimum absolute atomic E-state index is 0.0209. The van der Waals surface area contributed by atoms with Gasteiger partial charge in [-0.05, 0) is 31.2 Å². The van der Waals surface area contributed by atoms with E-state index in [1.165, 1.54) is 17.5 Å². The minimum Gasteiger partial charge on any atom is -0.300 e. The van der Waals surface area contributed by atoms with E-state index in [0.29, 0.717) is 28.3 Å². The summed E-state index contributed by atoms with van der Waals surface area (Å²) in [5.74, 6) is -0.0209. The van der Waals surface area contributed by atoms with Crippen molar-refractivity contribution in [2.45, 2.75) is 13.3 Å². The van der Waals surface area contributed by atoms with Gasteiger partial charge in [0.15, 0.2) is 5.65 Å². The number of aromatic amines is 2. The van der Waals surface area contributed by atoms with Crippen LogP contribution in [0.3, 0.4) is 0 Å². The fraction of sp³-hybridized carbons (Fsp3) is 0.0952. The maximum atomic E-state index is 12.8. The van der Waals surface area contributed by atoms with Crippen LogP contribution in [0, 0.1) is 0 Å². The van der Waals surface area contributed by atoms with Crippen molar-refractivity contribution < 1.29 is 4.79 Å². The molecule has 8 heteroatoms. The van der Waals surface area contributed by atoms with E-state index in [-0.39, 0.29) is 17.8 Å². The van der Waals surface area contributed by atoms with E-state index >= 15 is 0 Å². The molecular weight excluding hydrogens is 368 g/mol. The number of nitrogens with one attached hydrogen (secondary N) is 2. The SMILES string of the molecule is CC(=O)Cc1[nH]n2c(=O)cc(-c3ccc4[nH]ncc4c3)nc2c1-c1ccccn1. The van der Waals surface area contributed by atoms with Gasteiger partial charge in [0.05, 0.1) is 34.4 Å². The molecule has 5 aromatic rings. The Morgan fingerprint density at radius 1 is 1.14 bits per heavy atom. The third kappa shape index (κ3) is 2.91. The Kier molecular flexibility index (Phi) is 3.83. The van der Waals surface area contributed by atoms with Crippen molar-refractivity contribution in [1.29, 1.82) is 0 Å². The Morgan fingerprint density at radius 2 is 2.03 bits per heavy atom. The number of nitrogens with zero attached hydrogens (tertiary/aromatic N) is 4. The lowest BCUT2D eigenvalue weighted by Gasteiger charge is -2.04. The molecule has 0 bridgehead atoms. The van der Waals surface area contributed by atoms with Gasteiger partial charge in [0, 0.05) is 29.6 Å². The molecule has 5 rings (SSSR count). The van der Waals surface area contributed by atoms with Crippen LogP contribution in [0.15, 0.2) is 59.7 Å². The normalized spacial score (nSPS) is 11.3. The molecule has 0 aliphatic rings. The van der Waals surface area contributed by atoms with E-state index in [9.17, 15) is 9.59 Å². The van der Waals surface area contributed by atoms with Gasteiger partial charge < -0.3 is 0 Å². The maximum absolute atomic E-state index is 12.8. The quantitative estimate of drug-likeness (QED) is 0.495. The summed E-state index contributed by atoms with van der Waals surface area (Å²) in [6.07, 6.45) is 3.56. The minimum atomic E-state index is -0.260. The summed E-state index contributed by atoms with van der Waals surface area (Å²) in [6, 6.07) is 12.7. The van der Waals surface area contributed by atoms with Crippen molar-refractivity contribution in [3.8, 4) is 22.5 Å². The number of rotatable bonds is 4. The average Bonchev–Trinajstić information content (AvgIpc) is 3.32. The number of hydrogen-bond acceptors (Lipinski definition) is 5. The van der Waals surface area contributed by atoms with Gasteiger partial charge in [-0.15, -0.1) is 0 Å². The first-order chi connectivity index (χ1) is 14.1. The van der Waals surface area contributed by atoms with Crippen molar-refractivity contribution >= 4 is 22.3 Å². The second-order valence-corrected chi connectivity index (χ2v) is 6.87. The monoisotopic (exact) mass is 384 g/mol. The molecule has 0 amide bonds. The van der Waals surface area contributed by atoms with E-state index < -0.39 is 0 Å². The molecule has 0 spiro atoms. The fourth-order valence-corrected chi connectivity index (χ4v) is 3.49. The number of H-pyrrole nitrogens is 2. The summed E-state index contributed by atoms with van der Waals surface area (Å²) in [4.78, 5) is 33.8. The van der Waals surface area contributed by atoms with Crippen molar-refractivity contribution in [3.63, 3.8) is 0 Å².